The molecular weight excluding hydrogens is 532 g/mol. The number of ether oxygens (including phenoxy) is 1. The van der Waals surface area contributed by atoms with Gasteiger partial charge in [0.05, 0.1) is 29.8 Å². The fourth-order valence-corrected chi connectivity index (χ4v) is 6.70. The molecule has 4 aromatic rings. The number of aryl methyl sites for hydroxylation is 1. The molecule has 0 N–H and O–H groups in total. The van der Waals surface area contributed by atoms with Crippen molar-refractivity contribution in [3.63, 3.8) is 0 Å². The van der Waals surface area contributed by atoms with Gasteiger partial charge in [-0.2, -0.15) is 0 Å². The van der Waals surface area contributed by atoms with Crippen LogP contribution in [-0.4, -0.2) is 56.5 Å². The van der Waals surface area contributed by atoms with Crippen molar-refractivity contribution in [1.82, 2.24) is 19.0 Å². The van der Waals surface area contributed by atoms with E-state index in [9.17, 15) is 14.0 Å². The molecule has 1 saturated heterocycles. The normalized spacial score (nSPS) is 14.7. The van der Waals surface area contributed by atoms with Crippen LogP contribution in [0, 0.1) is 16.7 Å². The maximum Gasteiger partial charge on any atom is 0.278 e. The van der Waals surface area contributed by atoms with Crippen LogP contribution in [0.2, 0.25) is 0 Å². The molecule has 1 fully saturated rings. The lowest BCUT2D eigenvalue weighted by molar-refractivity contribution is -0.134. The molecule has 1 amide bonds. The van der Waals surface area contributed by atoms with E-state index < -0.39 is 16.6 Å². The first-order chi connectivity index (χ1) is 17.9. The van der Waals surface area contributed by atoms with E-state index in [1.807, 2.05) is 38.1 Å². The Hall–Kier alpha value is -2.86. The van der Waals surface area contributed by atoms with E-state index in [2.05, 4.69) is 0 Å². The standard InChI is InChI=1S/C26H25FN4O3S3/c1-3-20(23(32)29-12-14-34-15-13-29)36-25-28-22-21(24(33)31(25)19-11-7-5-9-17(19)27)37-26(35)30(22)18-10-6-4-8-16(18)2/h4-11,20H,3,12-15H2,1-2H3/t20-/m1/s1. The van der Waals surface area contributed by atoms with Gasteiger partial charge in [-0.15, -0.1) is 0 Å². The van der Waals surface area contributed by atoms with Crippen LogP contribution in [-0.2, 0) is 9.53 Å². The Morgan fingerprint density at radius 3 is 2.49 bits per heavy atom. The summed E-state index contributed by atoms with van der Waals surface area (Å²) in [6.07, 6.45) is 0.514. The molecule has 3 heterocycles. The van der Waals surface area contributed by atoms with Crippen molar-refractivity contribution in [1.29, 1.82) is 0 Å². The second-order valence-electron chi connectivity index (χ2n) is 8.58. The molecule has 0 bridgehead atoms. The average molecular weight is 557 g/mol. The Kier molecular flexibility index (Phi) is 7.57. The molecule has 11 heteroatoms. The van der Waals surface area contributed by atoms with Gasteiger partial charge in [-0.1, -0.05) is 60.4 Å². The van der Waals surface area contributed by atoms with Crippen molar-refractivity contribution in [2.45, 2.75) is 30.7 Å². The molecule has 0 radical (unpaired) electrons. The number of rotatable bonds is 6. The molecule has 2 aromatic heterocycles. The lowest BCUT2D eigenvalue weighted by Crippen LogP contribution is -2.44. The van der Waals surface area contributed by atoms with Crippen LogP contribution in [0.25, 0.3) is 21.7 Å². The van der Waals surface area contributed by atoms with E-state index in [1.165, 1.54) is 28.5 Å². The third kappa shape index (κ3) is 4.88. The minimum Gasteiger partial charge on any atom is -0.378 e. The number of thioether (sulfide) groups is 1. The predicted molar refractivity (Wildman–Crippen MR) is 147 cm³/mol. The first-order valence-electron chi connectivity index (χ1n) is 11.9. The zero-order valence-corrected chi connectivity index (χ0v) is 22.8. The highest BCUT2D eigenvalue weighted by Crippen LogP contribution is 2.32. The number of halogens is 1. The SMILES string of the molecule is CC[C@@H](Sc1nc2c(sc(=S)n2-c2ccccc2C)c(=O)n1-c1ccccc1F)C(=O)N1CCOCC1. The van der Waals surface area contributed by atoms with Crippen molar-refractivity contribution < 1.29 is 13.9 Å². The monoisotopic (exact) mass is 556 g/mol. The summed E-state index contributed by atoms with van der Waals surface area (Å²) in [7, 11) is 0. The Morgan fingerprint density at radius 2 is 1.81 bits per heavy atom. The summed E-state index contributed by atoms with van der Waals surface area (Å²) in [6, 6.07) is 13.8. The molecule has 0 saturated carbocycles. The first kappa shape index (κ1) is 25.8. The first-order valence-corrected chi connectivity index (χ1v) is 14.0. The lowest BCUT2D eigenvalue weighted by Gasteiger charge is -2.30. The summed E-state index contributed by atoms with van der Waals surface area (Å²) < 4.78 is 24.2. The van der Waals surface area contributed by atoms with Crippen LogP contribution >= 0.6 is 35.3 Å². The van der Waals surface area contributed by atoms with Crippen LogP contribution in [0.1, 0.15) is 18.9 Å². The second-order valence-corrected chi connectivity index (χ2v) is 11.4. The number of para-hydroxylation sites is 2. The van der Waals surface area contributed by atoms with Gasteiger partial charge in [-0.3, -0.25) is 18.7 Å². The van der Waals surface area contributed by atoms with E-state index in [0.29, 0.717) is 47.0 Å². The Morgan fingerprint density at radius 1 is 1.14 bits per heavy atom. The number of nitrogens with zero attached hydrogens (tertiary/aromatic N) is 4. The van der Waals surface area contributed by atoms with Crippen LogP contribution in [0.4, 0.5) is 4.39 Å². The van der Waals surface area contributed by atoms with Crippen LogP contribution in [0.15, 0.2) is 58.5 Å². The topological polar surface area (TPSA) is 69.4 Å². The second kappa shape index (κ2) is 10.9. The van der Waals surface area contributed by atoms with Crippen molar-refractivity contribution in [2.75, 3.05) is 26.3 Å². The number of carbonyl (C=O) groups excluding carboxylic acids is 1. The smallest absolute Gasteiger partial charge is 0.278 e. The Labute approximate surface area is 226 Å². The summed E-state index contributed by atoms with van der Waals surface area (Å²) in [5.74, 6) is -0.603. The molecule has 5 rings (SSSR count). The molecule has 2 aromatic carbocycles. The fourth-order valence-electron chi connectivity index (χ4n) is 4.31. The van der Waals surface area contributed by atoms with Gasteiger partial charge in [-0.25, -0.2) is 9.37 Å². The quantitative estimate of drug-likeness (QED) is 0.186. The summed E-state index contributed by atoms with van der Waals surface area (Å²) >= 11 is 7.99. The number of carbonyl (C=O) groups is 1. The molecule has 192 valence electrons. The summed E-state index contributed by atoms with van der Waals surface area (Å²) in [5.41, 5.74) is 1.86. The van der Waals surface area contributed by atoms with E-state index in [-0.39, 0.29) is 16.8 Å². The van der Waals surface area contributed by atoms with Gasteiger partial charge >= 0.3 is 0 Å². The van der Waals surface area contributed by atoms with Gasteiger partial charge < -0.3 is 9.64 Å². The number of benzene rings is 2. The number of amides is 1. The lowest BCUT2D eigenvalue weighted by atomic mass is 10.2. The Balaban J connectivity index is 1.72. The van der Waals surface area contributed by atoms with Crippen LogP contribution in [0.5, 0.6) is 0 Å². The number of morpholine rings is 1. The molecular formula is C26H25FN4O3S3. The highest BCUT2D eigenvalue weighted by molar-refractivity contribution is 8.00. The number of hydrogen-bond acceptors (Lipinski definition) is 7. The molecule has 1 aliphatic heterocycles. The van der Waals surface area contributed by atoms with E-state index in [4.69, 9.17) is 21.9 Å². The van der Waals surface area contributed by atoms with E-state index >= 15 is 0 Å². The van der Waals surface area contributed by atoms with Crippen molar-refractivity contribution in [3.05, 3.63) is 74.2 Å². The molecule has 1 atom stereocenters. The van der Waals surface area contributed by atoms with Gasteiger partial charge in [0.25, 0.3) is 5.56 Å². The van der Waals surface area contributed by atoms with Crippen LogP contribution in [0.3, 0.4) is 0 Å². The number of aromatic nitrogens is 3. The molecule has 7 nitrogen and oxygen atoms in total. The van der Waals surface area contributed by atoms with Gasteiger partial charge in [0.2, 0.25) is 5.91 Å². The Bertz CT molecular complexity index is 1590. The van der Waals surface area contributed by atoms with E-state index in [0.717, 1.165) is 22.6 Å². The van der Waals surface area contributed by atoms with Crippen LogP contribution < -0.4 is 5.56 Å². The maximum absolute atomic E-state index is 15.0. The average Bonchev–Trinajstić information content (AvgIpc) is 3.24. The van der Waals surface area contributed by atoms with E-state index in [1.54, 1.807) is 21.6 Å². The molecule has 0 unspecified atom stereocenters. The largest absolute Gasteiger partial charge is 0.378 e. The van der Waals surface area contributed by atoms with Crippen molar-refractivity contribution >= 4 is 51.6 Å². The predicted octanol–water partition coefficient (Wildman–Crippen LogP) is 5.14. The van der Waals surface area contributed by atoms with Gasteiger partial charge in [0.15, 0.2) is 14.8 Å². The van der Waals surface area contributed by atoms with Gasteiger partial charge in [-0.05, 0) is 49.3 Å². The molecule has 0 spiro atoms. The molecule has 0 aliphatic carbocycles. The third-order valence-electron chi connectivity index (χ3n) is 6.24. The highest BCUT2D eigenvalue weighted by atomic mass is 32.2. The fraction of sp³-hybridized carbons (Fsp3) is 0.308. The summed E-state index contributed by atoms with van der Waals surface area (Å²) in [5, 5.41) is -0.264. The molecule has 37 heavy (non-hydrogen) atoms. The summed E-state index contributed by atoms with van der Waals surface area (Å²) in [4.78, 5) is 33.9. The number of thiazole rings is 1. The highest BCUT2D eigenvalue weighted by Gasteiger charge is 2.29. The number of fused-ring (bicyclic) bond motifs is 1. The van der Waals surface area contributed by atoms with Crippen molar-refractivity contribution in [2.24, 2.45) is 0 Å². The third-order valence-corrected chi connectivity index (χ3v) is 8.90. The zero-order chi connectivity index (χ0) is 26.1. The number of hydrogen-bond donors (Lipinski definition) is 0. The zero-order valence-electron chi connectivity index (χ0n) is 20.3. The van der Waals surface area contributed by atoms with Crippen molar-refractivity contribution in [3.8, 4) is 11.4 Å². The minimum atomic E-state index is -0.554. The minimum absolute atomic E-state index is 0.0497. The van der Waals surface area contributed by atoms with Gasteiger partial charge in [0, 0.05) is 13.1 Å². The maximum atomic E-state index is 15.0. The summed E-state index contributed by atoms with van der Waals surface area (Å²) in [6.45, 7) is 5.89. The van der Waals surface area contributed by atoms with Gasteiger partial charge in [0.1, 0.15) is 10.5 Å². The molecule has 1 aliphatic rings.